The highest BCUT2D eigenvalue weighted by molar-refractivity contribution is 6.06. The monoisotopic (exact) mass is 477 g/mol. The molecular weight excluding hydrogens is 438 g/mol. The van der Waals surface area contributed by atoms with Crippen LogP contribution < -0.4 is 0 Å². The number of likely N-dealkylation sites (tertiary alicyclic amines) is 1. The molecule has 4 atom stereocenters. The van der Waals surface area contributed by atoms with Crippen LogP contribution in [-0.4, -0.2) is 40.6 Å². The molecule has 188 valence electrons. The molecule has 0 aromatic heterocycles. The standard InChI is InChI=1S/C30H39NO4/c1-18(2)23-16-24-28(30(34)31(29(24)33)21-9-5-4-6-10-21)25-17-35-26(27(23)25)13-12-19(3)14-20-8-7-11-22(32)15-20/h7-8,11,14-15,18,21,24-26,28,32H,4-6,9-10,12-13,16-17H2,1-3H3/b19-14+/t24-,25+,26-,28-/m1/s1. The summed E-state index contributed by atoms with van der Waals surface area (Å²) in [4.78, 5) is 28.9. The number of rotatable bonds is 6. The molecule has 2 aliphatic heterocycles. The molecule has 1 aromatic rings. The Kier molecular flexibility index (Phi) is 6.89. The number of phenolic OH excluding ortho intramolecular Hbond substituents is 1. The molecule has 3 fully saturated rings. The SMILES string of the molecule is C/C(=C\c1cccc(O)c1)CC[C@H]1OC[C@H]2C1=C(C(C)C)C[C@H]1C(=O)N(C3CCCCC3)C(=O)[C@H]12. The number of carbonyl (C=O) groups excluding carboxylic acids is 2. The third kappa shape index (κ3) is 4.60. The summed E-state index contributed by atoms with van der Waals surface area (Å²) in [6.07, 6.45) is 9.95. The number of ether oxygens (including phenoxy) is 1. The summed E-state index contributed by atoms with van der Waals surface area (Å²) in [5.74, 6) is 0.361. The van der Waals surface area contributed by atoms with Crippen molar-refractivity contribution in [1.82, 2.24) is 4.90 Å². The maximum absolute atomic E-state index is 13.7. The molecule has 5 rings (SSSR count). The molecule has 0 bridgehead atoms. The van der Waals surface area contributed by atoms with Crippen molar-refractivity contribution in [2.24, 2.45) is 23.7 Å². The molecule has 1 aromatic carbocycles. The predicted octanol–water partition coefficient (Wildman–Crippen LogP) is 5.88. The number of amides is 2. The Hall–Kier alpha value is -2.40. The number of benzene rings is 1. The van der Waals surface area contributed by atoms with E-state index in [1.165, 1.54) is 23.1 Å². The van der Waals surface area contributed by atoms with Gasteiger partial charge in [-0.05, 0) is 68.2 Å². The normalized spacial score (nSPS) is 29.8. The Morgan fingerprint density at radius 3 is 2.63 bits per heavy atom. The van der Waals surface area contributed by atoms with Gasteiger partial charge in [0.05, 0.1) is 24.5 Å². The molecule has 4 aliphatic rings. The van der Waals surface area contributed by atoms with Crippen molar-refractivity contribution >= 4 is 17.9 Å². The third-order valence-corrected chi connectivity index (χ3v) is 8.70. The summed E-state index contributed by atoms with van der Waals surface area (Å²) in [7, 11) is 0. The molecule has 0 spiro atoms. The molecule has 2 aliphatic carbocycles. The summed E-state index contributed by atoms with van der Waals surface area (Å²) in [5, 5.41) is 9.75. The van der Waals surface area contributed by atoms with E-state index in [0.29, 0.717) is 18.9 Å². The van der Waals surface area contributed by atoms with Crippen molar-refractivity contribution < 1.29 is 19.4 Å². The Balaban J connectivity index is 1.35. The van der Waals surface area contributed by atoms with Gasteiger partial charge in [0, 0.05) is 12.0 Å². The van der Waals surface area contributed by atoms with Gasteiger partial charge in [0.1, 0.15) is 5.75 Å². The fourth-order valence-electron chi connectivity index (χ4n) is 7.01. The summed E-state index contributed by atoms with van der Waals surface area (Å²) in [6.45, 7) is 7.08. The fourth-order valence-corrected chi connectivity index (χ4v) is 7.01. The molecule has 5 heteroatoms. The minimum absolute atomic E-state index is 0.0116. The molecule has 0 radical (unpaired) electrons. The lowest BCUT2D eigenvalue weighted by Crippen LogP contribution is -2.42. The second-order valence-corrected chi connectivity index (χ2v) is 11.4. The summed E-state index contributed by atoms with van der Waals surface area (Å²) >= 11 is 0. The Labute approximate surface area is 209 Å². The predicted molar refractivity (Wildman–Crippen MR) is 136 cm³/mol. The van der Waals surface area contributed by atoms with E-state index in [1.54, 1.807) is 17.0 Å². The van der Waals surface area contributed by atoms with Crippen molar-refractivity contribution in [3.05, 3.63) is 46.5 Å². The lowest BCUT2D eigenvalue weighted by molar-refractivity contribution is -0.143. The minimum atomic E-state index is -0.240. The van der Waals surface area contributed by atoms with Crippen molar-refractivity contribution in [2.75, 3.05) is 6.61 Å². The maximum atomic E-state index is 13.7. The summed E-state index contributed by atoms with van der Waals surface area (Å²) in [6, 6.07) is 7.40. The van der Waals surface area contributed by atoms with Gasteiger partial charge in [-0.25, -0.2) is 0 Å². The summed E-state index contributed by atoms with van der Waals surface area (Å²) < 4.78 is 6.37. The fraction of sp³-hybridized carbons (Fsp3) is 0.600. The van der Waals surface area contributed by atoms with Gasteiger partial charge in [-0.3, -0.25) is 14.5 Å². The van der Waals surface area contributed by atoms with Gasteiger partial charge in [0.15, 0.2) is 0 Å². The minimum Gasteiger partial charge on any atom is -0.508 e. The average molecular weight is 478 g/mol. The molecular formula is C30H39NO4. The number of phenols is 1. The van der Waals surface area contributed by atoms with Gasteiger partial charge in [-0.15, -0.1) is 0 Å². The van der Waals surface area contributed by atoms with E-state index in [9.17, 15) is 14.7 Å². The highest BCUT2D eigenvalue weighted by Crippen LogP contribution is 2.52. The zero-order valence-electron chi connectivity index (χ0n) is 21.3. The first-order valence-corrected chi connectivity index (χ1v) is 13.5. The maximum Gasteiger partial charge on any atom is 0.234 e. The van der Waals surface area contributed by atoms with Crippen LogP contribution in [-0.2, 0) is 14.3 Å². The molecule has 1 saturated carbocycles. The lowest BCUT2D eigenvalue weighted by atomic mass is 9.67. The van der Waals surface area contributed by atoms with Crippen molar-refractivity contribution in [3.63, 3.8) is 0 Å². The first-order valence-electron chi connectivity index (χ1n) is 13.5. The van der Waals surface area contributed by atoms with Gasteiger partial charge in [-0.1, -0.05) is 62.5 Å². The largest absolute Gasteiger partial charge is 0.508 e. The van der Waals surface area contributed by atoms with Gasteiger partial charge in [0.25, 0.3) is 0 Å². The zero-order valence-corrected chi connectivity index (χ0v) is 21.3. The Bertz CT molecular complexity index is 1050. The smallest absolute Gasteiger partial charge is 0.234 e. The van der Waals surface area contributed by atoms with Crippen LogP contribution in [0.4, 0.5) is 0 Å². The van der Waals surface area contributed by atoms with E-state index < -0.39 is 0 Å². The summed E-state index contributed by atoms with van der Waals surface area (Å²) in [5.41, 5.74) is 4.89. The zero-order chi connectivity index (χ0) is 24.7. The number of carbonyl (C=O) groups is 2. The van der Waals surface area contributed by atoms with Gasteiger partial charge in [0.2, 0.25) is 11.8 Å². The first-order chi connectivity index (χ1) is 16.8. The quantitative estimate of drug-likeness (QED) is 0.410. The van der Waals surface area contributed by atoms with E-state index in [4.69, 9.17) is 4.74 Å². The van der Waals surface area contributed by atoms with Gasteiger partial charge < -0.3 is 9.84 Å². The Morgan fingerprint density at radius 2 is 1.91 bits per heavy atom. The number of hydrogen-bond donors (Lipinski definition) is 1. The molecule has 2 heterocycles. The number of imide groups is 1. The topological polar surface area (TPSA) is 66.8 Å². The molecule has 2 amide bonds. The number of nitrogens with zero attached hydrogens (tertiary/aromatic N) is 1. The van der Waals surface area contributed by atoms with Gasteiger partial charge >= 0.3 is 0 Å². The van der Waals surface area contributed by atoms with E-state index >= 15 is 0 Å². The van der Waals surface area contributed by atoms with Gasteiger partial charge in [-0.2, -0.15) is 0 Å². The number of fused-ring (bicyclic) bond motifs is 3. The Morgan fingerprint density at radius 1 is 1.14 bits per heavy atom. The van der Waals surface area contributed by atoms with Crippen molar-refractivity contribution in [3.8, 4) is 5.75 Å². The lowest BCUT2D eigenvalue weighted by Gasteiger charge is -2.33. The second-order valence-electron chi connectivity index (χ2n) is 11.4. The van der Waals surface area contributed by atoms with Crippen LogP contribution in [0.25, 0.3) is 6.08 Å². The van der Waals surface area contributed by atoms with Crippen molar-refractivity contribution in [1.29, 1.82) is 0 Å². The van der Waals surface area contributed by atoms with Crippen molar-refractivity contribution in [2.45, 2.75) is 84.3 Å². The number of hydrogen-bond acceptors (Lipinski definition) is 4. The number of aromatic hydroxyl groups is 1. The van der Waals surface area contributed by atoms with Crippen LogP contribution in [0.1, 0.15) is 77.7 Å². The number of allylic oxidation sites excluding steroid dienone is 2. The van der Waals surface area contributed by atoms with Crippen LogP contribution >= 0.6 is 0 Å². The van der Waals surface area contributed by atoms with Crippen LogP contribution in [0.2, 0.25) is 0 Å². The van der Waals surface area contributed by atoms with Crippen LogP contribution in [0.3, 0.4) is 0 Å². The van der Waals surface area contributed by atoms with E-state index in [0.717, 1.165) is 44.1 Å². The molecule has 1 N–H and O–H groups in total. The van der Waals surface area contributed by atoms with Crippen LogP contribution in [0.5, 0.6) is 5.75 Å². The molecule has 2 saturated heterocycles. The van der Waals surface area contributed by atoms with E-state index in [-0.39, 0.29) is 47.5 Å². The molecule has 0 unspecified atom stereocenters. The van der Waals surface area contributed by atoms with Crippen LogP contribution in [0.15, 0.2) is 41.0 Å². The van der Waals surface area contributed by atoms with E-state index in [2.05, 4.69) is 26.8 Å². The molecule has 35 heavy (non-hydrogen) atoms. The average Bonchev–Trinajstić information content (AvgIpc) is 3.36. The van der Waals surface area contributed by atoms with E-state index in [1.807, 2.05) is 12.1 Å². The second kappa shape index (κ2) is 9.93. The van der Waals surface area contributed by atoms with Crippen LogP contribution in [0, 0.1) is 23.7 Å². The highest BCUT2D eigenvalue weighted by Gasteiger charge is 2.58. The highest BCUT2D eigenvalue weighted by atomic mass is 16.5. The third-order valence-electron chi connectivity index (χ3n) is 8.70. The molecule has 5 nitrogen and oxygen atoms in total. The first kappa shape index (κ1) is 24.3.